The van der Waals surface area contributed by atoms with E-state index in [2.05, 4.69) is 30.5 Å². The average molecular weight is 471 g/mol. The highest BCUT2D eigenvalue weighted by molar-refractivity contribution is 7.23. The number of hydrogen-bond donors (Lipinski definition) is 1. The fraction of sp³-hybridized carbons (Fsp3) is 0.391. The molecule has 2 aromatic heterocycles. The van der Waals surface area contributed by atoms with Crippen molar-refractivity contribution in [3.05, 3.63) is 34.7 Å². The number of carbonyl (C=O) groups is 3. The van der Waals surface area contributed by atoms with Gasteiger partial charge in [0.25, 0.3) is 0 Å². The van der Waals surface area contributed by atoms with Gasteiger partial charge in [-0.3, -0.25) is 19.3 Å². The fourth-order valence-corrected chi connectivity index (χ4v) is 6.52. The van der Waals surface area contributed by atoms with Gasteiger partial charge in [0.15, 0.2) is 0 Å². The third-order valence-corrected chi connectivity index (χ3v) is 7.82. The molecular formula is C23H26N4O3S2. The van der Waals surface area contributed by atoms with Crippen molar-refractivity contribution in [3.8, 4) is 10.6 Å². The van der Waals surface area contributed by atoms with Crippen LogP contribution in [-0.2, 0) is 27.3 Å². The molecule has 7 nitrogen and oxygen atoms in total. The molecule has 3 amide bonds. The van der Waals surface area contributed by atoms with Gasteiger partial charge in [-0.2, -0.15) is 0 Å². The number of nitrogens with two attached hydrogens (primary N) is 1. The quantitative estimate of drug-likeness (QED) is 0.585. The molecule has 1 fully saturated rings. The molecule has 0 radical (unpaired) electrons. The molecule has 5 rings (SSSR count). The first kappa shape index (κ1) is 22.6. The van der Waals surface area contributed by atoms with E-state index in [-0.39, 0.29) is 17.7 Å². The Morgan fingerprint density at radius 3 is 2.38 bits per heavy atom. The van der Waals surface area contributed by atoms with E-state index in [9.17, 15) is 14.4 Å². The normalized spacial score (nSPS) is 16.4. The smallest absolute Gasteiger partial charge is 0.234 e. The van der Waals surface area contributed by atoms with Crippen LogP contribution in [0.15, 0.2) is 24.3 Å². The Kier molecular flexibility index (Phi) is 6.41. The van der Waals surface area contributed by atoms with Crippen LogP contribution in [0.25, 0.3) is 20.8 Å². The highest BCUT2D eigenvalue weighted by atomic mass is 32.1. The summed E-state index contributed by atoms with van der Waals surface area (Å²) in [6.45, 7) is 7.58. The van der Waals surface area contributed by atoms with E-state index >= 15 is 0 Å². The molecule has 2 aliphatic heterocycles. The van der Waals surface area contributed by atoms with Crippen LogP contribution in [0.4, 0.5) is 5.00 Å². The first-order chi connectivity index (χ1) is 15.3. The monoisotopic (exact) mass is 470 g/mol. The summed E-state index contributed by atoms with van der Waals surface area (Å²) in [4.78, 5) is 44.2. The van der Waals surface area contributed by atoms with Crippen LogP contribution in [0.3, 0.4) is 0 Å². The summed E-state index contributed by atoms with van der Waals surface area (Å²) in [6, 6.07) is 8.56. The van der Waals surface area contributed by atoms with Crippen molar-refractivity contribution in [3.63, 3.8) is 0 Å². The summed E-state index contributed by atoms with van der Waals surface area (Å²) in [6.07, 6.45) is 1.53. The molecule has 3 aromatic rings. The second-order valence-corrected chi connectivity index (χ2v) is 10.3. The molecule has 168 valence electrons. The van der Waals surface area contributed by atoms with Gasteiger partial charge in [0, 0.05) is 49.3 Å². The van der Waals surface area contributed by atoms with Gasteiger partial charge in [0.2, 0.25) is 17.7 Å². The number of aromatic nitrogens is 1. The molecule has 0 spiro atoms. The van der Waals surface area contributed by atoms with E-state index < -0.39 is 0 Å². The summed E-state index contributed by atoms with van der Waals surface area (Å²) >= 11 is 3.24. The van der Waals surface area contributed by atoms with Gasteiger partial charge in [-0.05, 0) is 38.0 Å². The SMILES string of the molecule is CC(C)N1CCc2c(sc(N3C(=O)CCC3=O)c2-c2nc3ccccc3s2)C1.CC(N)=O. The van der Waals surface area contributed by atoms with Crippen LogP contribution in [0.2, 0.25) is 0 Å². The van der Waals surface area contributed by atoms with Gasteiger partial charge in [0.1, 0.15) is 10.0 Å². The summed E-state index contributed by atoms with van der Waals surface area (Å²) in [5.41, 5.74) is 7.71. The number of anilines is 1. The Hall–Kier alpha value is -2.62. The van der Waals surface area contributed by atoms with E-state index in [4.69, 9.17) is 4.98 Å². The van der Waals surface area contributed by atoms with Crippen molar-refractivity contribution in [1.29, 1.82) is 0 Å². The lowest BCUT2D eigenvalue weighted by atomic mass is 10.0. The summed E-state index contributed by atoms with van der Waals surface area (Å²) in [5.74, 6) is -0.515. The number of amides is 3. The number of rotatable bonds is 3. The van der Waals surface area contributed by atoms with E-state index in [1.807, 2.05) is 18.2 Å². The zero-order valence-corrected chi connectivity index (χ0v) is 20.0. The van der Waals surface area contributed by atoms with Crippen LogP contribution in [0.5, 0.6) is 0 Å². The van der Waals surface area contributed by atoms with Gasteiger partial charge >= 0.3 is 0 Å². The minimum absolute atomic E-state index is 0.0910. The molecule has 0 bridgehead atoms. The minimum atomic E-state index is -0.333. The molecule has 9 heteroatoms. The van der Waals surface area contributed by atoms with E-state index in [0.29, 0.717) is 18.9 Å². The van der Waals surface area contributed by atoms with Gasteiger partial charge in [-0.1, -0.05) is 12.1 Å². The zero-order valence-electron chi connectivity index (χ0n) is 18.4. The summed E-state index contributed by atoms with van der Waals surface area (Å²) < 4.78 is 1.13. The number of fused-ring (bicyclic) bond motifs is 2. The molecule has 1 aromatic carbocycles. The first-order valence-corrected chi connectivity index (χ1v) is 12.3. The molecule has 2 aliphatic rings. The number of carbonyl (C=O) groups excluding carboxylic acids is 3. The number of imide groups is 1. The minimum Gasteiger partial charge on any atom is -0.370 e. The summed E-state index contributed by atoms with van der Waals surface area (Å²) in [7, 11) is 0. The predicted molar refractivity (Wildman–Crippen MR) is 129 cm³/mol. The highest BCUT2D eigenvalue weighted by Gasteiger charge is 2.37. The maximum absolute atomic E-state index is 12.5. The van der Waals surface area contributed by atoms with Crippen LogP contribution < -0.4 is 10.6 Å². The van der Waals surface area contributed by atoms with Crippen molar-refractivity contribution >= 4 is 55.6 Å². The number of thiophene rings is 1. The molecule has 0 aliphatic carbocycles. The van der Waals surface area contributed by atoms with Crippen molar-refractivity contribution in [2.24, 2.45) is 5.73 Å². The molecule has 1 saturated heterocycles. The molecule has 4 heterocycles. The van der Waals surface area contributed by atoms with Crippen LogP contribution in [0.1, 0.15) is 44.1 Å². The maximum Gasteiger partial charge on any atom is 0.234 e. The molecular weight excluding hydrogens is 444 g/mol. The predicted octanol–water partition coefficient (Wildman–Crippen LogP) is 3.94. The van der Waals surface area contributed by atoms with Gasteiger partial charge in [-0.15, -0.1) is 22.7 Å². The molecule has 2 N–H and O–H groups in total. The highest BCUT2D eigenvalue weighted by Crippen LogP contribution is 2.48. The van der Waals surface area contributed by atoms with E-state index in [1.165, 1.54) is 22.3 Å². The van der Waals surface area contributed by atoms with Crippen molar-refractivity contribution < 1.29 is 14.4 Å². The first-order valence-electron chi connectivity index (χ1n) is 10.6. The number of thiazole rings is 1. The molecule has 0 unspecified atom stereocenters. The van der Waals surface area contributed by atoms with E-state index in [0.717, 1.165) is 45.3 Å². The van der Waals surface area contributed by atoms with Gasteiger partial charge < -0.3 is 5.73 Å². The van der Waals surface area contributed by atoms with Crippen molar-refractivity contribution in [1.82, 2.24) is 9.88 Å². The third-order valence-electron chi connectivity index (χ3n) is 5.56. The van der Waals surface area contributed by atoms with Crippen LogP contribution in [0, 0.1) is 0 Å². The second-order valence-electron chi connectivity index (χ2n) is 8.22. The lowest BCUT2D eigenvalue weighted by Crippen LogP contribution is -2.35. The Labute approximate surface area is 194 Å². The topological polar surface area (TPSA) is 96.6 Å². The average Bonchev–Trinajstić information content (AvgIpc) is 3.40. The number of nitrogens with zero attached hydrogens (tertiary/aromatic N) is 3. The van der Waals surface area contributed by atoms with E-state index in [1.54, 1.807) is 22.7 Å². The second kappa shape index (κ2) is 9.09. The Morgan fingerprint density at radius 1 is 1.09 bits per heavy atom. The van der Waals surface area contributed by atoms with Crippen LogP contribution >= 0.6 is 22.7 Å². The standard InChI is InChI=1S/C21H21N3O2S2.C2H5NO/c1-12(2)23-10-9-13-16(11-23)28-21(24-17(25)7-8-18(24)26)19(13)20-22-14-5-3-4-6-15(14)27-20;1-2(3)4/h3-6,12H,7-11H2,1-2H3;1H3,(H2,3,4). The lowest BCUT2D eigenvalue weighted by molar-refractivity contribution is -0.121. The number of primary amides is 1. The summed E-state index contributed by atoms with van der Waals surface area (Å²) in [5, 5.41) is 1.70. The number of benzene rings is 1. The Balaban J connectivity index is 0.000000567. The van der Waals surface area contributed by atoms with Gasteiger partial charge in [-0.25, -0.2) is 9.88 Å². The molecule has 0 atom stereocenters. The fourth-order valence-electron chi connectivity index (χ4n) is 4.01. The number of hydrogen-bond acceptors (Lipinski definition) is 7. The maximum atomic E-state index is 12.5. The largest absolute Gasteiger partial charge is 0.370 e. The number of para-hydroxylation sites is 1. The lowest BCUT2D eigenvalue weighted by Gasteiger charge is -2.30. The molecule has 32 heavy (non-hydrogen) atoms. The van der Waals surface area contributed by atoms with Crippen molar-refractivity contribution in [2.45, 2.75) is 52.6 Å². The Bertz CT molecular complexity index is 1140. The zero-order chi connectivity index (χ0) is 23.0. The Morgan fingerprint density at radius 2 is 1.75 bits per heavy atom. The van der Waals surface area contributed by atoms with Crippen molar-refractivity contribution in [2.75, 3.05) is 11.4 Å². The van der Waals surface area contributed by atoms with Gasteiger partial charge in [0.05, 0.1) is 10.2 Å². The third kappa shape index (κ3) is 4.32. The van der Waals surface area contributed by atoms with Crippen LogP contribution in [-0.4, -0.2) is 40.2 Å². The molecule has 0 saturated carbocycles.